The van der Waals surface area contributed by atoms with Gasteiger partial charge in [0.2, 0.25) is 0 Å². The van der Waals surface area contributed by atoms with E-state index < -0.39 is 9.84 Å². The summed E-state index contributed by atoms with van der Waals surface area (Å²) in [6.07, 6.45) is 0.697. The number of sulfone groups is 1. The molecule has 1 aromatic rings. The second-order valence-corrected chi connectivity index (χ2v) is 7.27. The maximum Gasteiger partial charge on any atom is 0.161 e. The van der Waals surface area contributed by atoms with Gasteiger partial charge in [0, 0.05) is 6.04 Å². The zero-order valence-corrected chi connectivity index (χ0v) is 12.9. The number of benzene rings is 1. The van der Waals surface area contributed by atoms with Crippen LogP contribution in [0.3, 0.4) is 0 Å². The van der Waals surface area contributed by atoms with Crippen LogP contribution < -0.4 is 14.8 Å². The van der Waals surface area contributed by atoms with Crippen LogP contribution in [0.15, 0.2) is 18.2 Å². The van der Waals surface area contributed by atoms with Gasteiger partial charge in [-0.05, 0) is 37.1 Å². The molecule has 0 bridgehead atoms. The minimum Gasteiger partial charge on any atom is -0.493 e. The SMILES string of the molecule is CNC(c1ccc(OC)c(OC)c1)C1CCS(=O)(=O)C1. The van der Waals surface area contributed by atoms with Crippen LogP contribution in [0.5, 0.6) is 11.5 Å². The van der Waals surface area contributed by atoms with Crippen molar-refractivity contribution in [1.82, 2.24) is 5.32 Å². The van der Waals surface area contributed by atoms with Crippen molar-refractivity contribution in [1.29, 1.82) is 0 Å². The molecule has 0 amide bonds. The third-order valence-corrected chi connectivity index (χ3v) is 5.61. The minimum atomic E-state index is -2.88. The predicted octanol–water partition coefficient (Wildman–Crippen LogP) is 1.40. The molecule has 0 aromatic heterocycles. The second-order valence-electron chi connectivity index (χ2n) is 5.04. The van der Waals surface area contributed by atoms with E-state index in [4.69, 9.17) is 9.47 Å². The lowest BCUT2D eigenvalue weighted by molar-refractivity contribution is 0.352. The number of hydrogen-bond acceptors (Lipinski definition) is 5. The summed E-state index contributed by atoms with van der Waals surface area (Å²) in [4.78, 5) is 0. The Morgan fingerprint density at radius 2 is 1.95 bits per heavy atom. The molecule has 1 N–H and O–H groups in total. The van der Waals surface area contributed by atoms with Crippen molar-refractivity contribution in [2.75, 3.05) is 32.8 Å². The smallest absolute Gasteiger partial charge is 0.161 e. The standard InChI is InChI=1S/C14H21NO4S/c1-15-14(11-6-7-20(16,17)9-11)10-4-5-12(18-2)13(8-10)19-3/h4-5,8,11,14-15H,6-7,9H2,1-3H3. The molecule has 20 heavy (non-hydrogen) atoms. The first-order valence-corrected chi connectivity index (χ1v) is 8.42. The Balaban J connectivity index is 2.28. The van der Waals surface area contributed by atoms with E-state index in [2.05, 4.69) is 5.32 Å². The summed E-state index contributed by atoms with van der Waals surface area (Å²) in [7, 11) is 2.16. The molecule has 5 nitrogen and oxygen atoms in total. The van der Waals surface area contributed by atoms with Crippen molar-refractivity contribution in [3.05, 3.63) is 23.8 Å². The molecule has 2 rings (SSSR count). The van der Waals surface area contributed by atoms with E-state index in [1.54, 1.807) is 14.2 Å². The van der Waals surface area contributed by atoms with Crippen LogP contribution in [0, 0.1) is 5.92 Å². The van der Waals surface area contributed by atoms with Gasteiger partial charge < -0.3 is 14.8 Å². The van der Waals surface area contributed by atoms with Crippen molar-refractivity contribution in [2.45, 2.75) is 12.5 Å². The molecule has 1 aromatic carbocycles. The molecule has 0 radical (unpaired) electrons. The first-order valence-electron chi connectivity index (χ1n) is 6.60. The van der Waals surface area contributed by atoms with Crippen molar-refractivity contribution >= 4 is 9.84 Å². The summed E-state index contributed by atoms with van der Waals surface area (Å²) >= 11 is 0. The largest absolute Gasteiger partial charge is 0.493 e. The van der Waals surface area contributed by atoms with Crippen molar-refractivity contribution < 1.29 is 17.9 Å². The zero-order chi connectivity index (χ0) is 14.8. The lowest BCUT2D eigenvalue weighted by Crippen LogP contribution is -2.26. The lowest BCUT2D eigenvalue weighted by atomic mass is 9.92. The Morgan fingerprint density at radius 3 is 2.45 bits per heavy atom. The Kier molecular flexibility index (Phi) is 4.55. The third kappa shape index (κ3) is 3.07. The monoisotopic (exact) mass is 299 g/mol. The predicted molar refractivity (Wildman–Crippen MR) is 78.1 cm³/mol. The average molecular weight is 299 g/mol. The van der Waals surface area contributed by atoms with Crippen LogP contribution in [0.2, 0.25) is 0 Å². The number of rotatable bonds is 5. The molecule has 0 spiro atoms. The first kappa shape index (κ1) is 15.1. The highest BCUT2D eigenvalue weighted by Crippen LogP contribution is 2.35. The maximum atomic E-state index is 11.6. The van der Waals surface area contributed by atoms with Gasteiger partial charge in [-0.3, -0.25) is 0 Å². The number of nitrogens with one attached hydrogen (secondary N) is 1. The van der Waals surface area contributed by atoms with E-state index in [0.717, 1.165) is 5.56 Å². The van der Waals surface area contributed by atoms with Crippen LogP contribution >= 0.6 is 0 Å². The molecule has 0 aliphatic carbocycles. The van der Waals surface area contributed by atoms with Gasteiger partial charge in [-0.2, -0.15) is 0 Å². The molecule has 1 saturated heterocycles. The number of ether oxygens (including phenoxy) is 2. The molecule has 112 valence electrons. The van der Waals surface area contributed by atoms with Crippen LogP contribution in [-0.4, -0.2) is 41.2 Å². The average Bonchev–Trinajstić information content (AvgIpc) is 2.79. The Labute approximate surface area is 120 Å². The Bertz CT molecular complexity index is 571. The molecular weight excluding hydrogens is 278 g/mol. The van der Waals surface area contributed by atoms with Crippen molar-refractivity contribution in [2.24, 2.45) is 5.92 Å². The van der Waals surface area contributed by atoms with E-state index in [-0.39, 0.29) is 23.5 Å². The van der Waals surface area contributed by atoms with Crippen molar-refractivity contribution in [3.63, 3.8) is 0 Å². The first-order chi connectivity index (χ1) is 9.50. The lowest BCUT2D eigenvalue weighted by Gasteiger charge is -2.23. The number of methoxy groups -OCH3 is 2. The molecule has 1 fully saturated rings. The fourth-order valence-electron chi connectivity index (χ4n) is 2.81. The van der Waals surface area contributed by atoms with Gasteiger partial charge >= 0.3 is 0 Å². The highest BCUT2D eigenvalue weighted by molar-refractivity contribution is 7.91. The summed E-state index contributed by atoms with van der Waals surface area (Å²) in [5.74, 6) is 1.95. The van der Waals surface area contributed by atoms with Gasteiger partial charge in [0.25, 0.3) is 0 Å². The third-order valence-electron chi connectivity index (χ3n) is 3.82. The van der Waals surface area contributed by atoms with Gasteiger partial charge in [0.05, 0.1) is 25.7 Å². The molecule has 2 unspecified atom stereocenters. The van der Waals surface area contributed by atoms with Gasteiger partial charge in [0.15, 0.2) is 21.3 Å². The summed E-state index contributed by atoms with van der Waals surface area (Å²) < 4.78 is 33.8. The topological polar surface area (TPSA) is 64.6 Å². The minimum absolute atomic E-state index is 0.00656. The van der Waals surface area contributed by atoms with Crippen LogP contribution in [0.4, 0.5) is 0 Å². The van der Waals surface area contributed by atoms with Gasteiger partial charge in [-0.15, -0.1) is 0 Å². The molecule has 1 aliphatic rings. The Morgan fingerprint density at radius 1 is 1.25 bits per heavy atom. The second kappa shape index (κ2) is 6.01. The molecular formula is C14H21NO4S. The number of hydrogen-bond donors (Lipinski definition) is 1. The zero-order valence-electron chi connectivity index (χ0n) is 12.0. The normalized spacial score (nSPS) is 22.4. The Hall–Kier alpha value is -1.27. The molecule has 6 heteroatoms. The van der Waals surface area contributed by atoms with E-state index in [1.165, 1.54) is 0 Å². The quantitative estimate of drug-likeness (QED) is 0.890. The fraction of sp³-hybridized carbons (Fsp3) is 0.571. The molecule has 1 heterocycles. The van der Waals surface area contributed by atoms with Crippen LogP contribution in [-0.2, 0) is 9.84 Å². The van der Waals surface area contributed by atoms with E-state index in [0.29, 0.717) is 17.9 Å². The molecule has 1 aliphatic heterocycles. The summed E-state index contributed by atoms with van der Waals surface area (Å²) in [5, 5.41) is 3.23. The highest BCUT2D eigenvalue weighted by atomic mass is 32.2. The highest BCUT2D eigenvalue weighted by Gasteiger charge is 2.34. The molecule has 0 saturated carbocycles. The summed E-state index contributed by atoms with van der Waals surface area (Å²) in [5.41, 5.74) is 1.02. The van der Waals surface area contributed by atoms with Gasteiger partial charge in [0.1, 0.15) is 0 Å². The summed E-state index contributed by atoms with van der Waals surface area (Å²) in [6.45, 7) is 0. The van der Waals surface area contributed by atoms with E-state index in [9.17, 15) is 8.42 Å². The van der Waals surface area contributed by atoms with Crippen LogP contribution in [0.1, 0.15) is 18.0 Å². The van der Waals surface area contributed by atoms with Crippen molar-refractivity contribution in [3.8, 4) is 11.5 Å². The van der Waals surface area contributed by atoms with Gasteiger partial charge in [-0.1, -0.05) is 6.07 Å². The maximum absolute atomic E-state index is 11.6. The van der Waals surface area contributed by atoms with Crippen LogP contribution in [0.25, 0.3) is 0 Å². The van der Waals surface area contributed by atoms with Gasteiger partial charge in [-0.25, -0.2) is 8.42 Å². The molecule has 2 atom stereocenters. The van der Waals surface area contributed by atoms with E-state index in [1.807, 2.05) is 25.2 Å². The van der Waals surface area contributed by atoms with E-state index >= 15 is 0 Å². The summed E-state index contributed by atoms with van der Waals surface area (Å²) in [6, 6.07) is 5.72. The fourth-order valence-corrected chi connectivity index (χ4v) is 4.65.